The molecule has 0 unspecified atom stereocenters. The molecule has 4 rings (SSSR count). The van der Waals surface area contributed by atoms with Crippen molar-refractivity contribution in [3.63, 3.8) is 0 Å². The highest BCUT2D eigenvalue weighted by molar-refractivity contribution is 7.71. The number of hydrogen-bond acceptors (Lipinski definition) is 4. The summed E-state index contributed by atoms with van der Waals surface area (Å²) in [6.07, 6.45) is 3.89. The number of H-pyrrole nitrogens is 3. The Bertz CT molecular complexity index is 1110. The second-order valence-electron chi connectivity index (χ2n) is 5.85. The monoisotopic (exact) mass is 363 g/mol. The Morgan fingerprint density at radius 2 is 1.85 bits per heavy atom. The average molecular weight is 363 g/mol. The van der Waals surface area contributed by atoms with Crippen LogP contribution in [0.1, 0.15) is 5.56 Å². The molecular formula is C18H15N6OS+. The van der Waals surface area contributed by atoms with E-state index < -0.39 is 0 Å². The molecule has 0 atom stereocenters. The van der Waals surface area contributed by atoms with E-state index in [-0.39, 0.29) is 0 Å². The van der Waals surface area contributed by atoms with Crippen LogP contribution in [0.3, 0.4) is 0 Å². The summed E-state index contributed by atoms with van der Waals surface area (Å²) < 4.78 is 2.33. The Balaban J connectivity index is 1.69. The van der Waals surface area contributed by atoms with Crippen molar-refractivity contribution in [3.8, 4) is 22.5 Å². The number of hydrogen-bond donors (Lipinski definition) is 3. The number of nitrogens with zero attached hydrogens (tertiary/aromatic N) is 3. The van der Waals surface area contributed by atoms with E-state index in [1.807, 2.05) is 41.3 Å². The van der Waals surface area contributed by atoms with Crippen LogP contribution in [-0.2, 0) is 6.54 Å². The minimum Gasteiger partial charge on any atom is -0.282 e. The average Bonchev–Trinajstić information content (AvgIpc) is 3.31. The van der Waals surface area contributed by atoms with Crippen LogP contribution in [0.15, 0.2) is 66.1 Å². The minimum atomic E-state index is 0.329. The van der Waals surface area contributed by atoms with Gasteiger partial charge in [-0.05, 0) is 41.2 Å². The van der Waals surface area contributed by atoms with Crippen LogP contribution in [0.2, 0.25) is 0 Å². The predicted octanol–water partition coefficient (Wildman–Crippen LogP) is 3.86. The molecule has 7 nitrogen and oxygen atoms in total. The number of benzene rings is 2. The van der Waals surface area contributed by atoms with Gasteiger partial charge in [0, 0.05) is 11.1 Å². The highest BCUT2D eigenvalue weighted by Gasteiger charge is 2.13. The first-order chi connectivity index (χ1) is 12.7. The quantitative estimate of drug-likeness (QED) is 0.285. The van der Waals surface area contributed by atoms with Crippen molar-refractivity contribution in [2.75, 3.05) is 0 Å². The maximum absolute atomic E-state index is 11.1. The zero-order valence-electron chi connectivity index (χ0n) is 13.6. The fourth-order valence-corrected chi connectivity index (χ4v) is 2.94. The molecule has 0 bridgehead atoms. The van der Waals surface area contributed by atoms with Gasteiger partial charge in [0.15, 0.2) is 12.4 Å². The molecule has 8 heteroatoms. The molecule has 2 aromatic carbocycles. The molecule has 0 saturated heterocycles. The molecule has 26 heavy (non-hydrogen) atoms. The zero-order valence-corrected chi connectivity index (χ0v) is 14.5. The standard InChI is InChI=1S/C18H14N6OS/c25-23-16-7-13(6-14(8-16)17-20-18(26)22-21-17)15-9-19-24(11-15)10-12-4-2-1-3-5-12/h1-9,11H,10H2,(H2,20,21,22,26)/p+1. The van der Waals surface area contributed by atoms with Crippen molar-refractivity contribution < 1.29 is 4.68 Å². The van der Waals surface area contributed by atoms with Crippen LogP contribution < -0.4 is 4.68 Å². The molecule has 0 amide bonds. The van der Waals surface area contributed by atoms with Gasteiger partial charge < -0.3 is 0 Å². The molecule has 3 N–H and O–H groups in total. The van der Waals surface area contributed by atoms with E-state index in [2.05, 4.69) is 37.6 Å². The van der Waals surface area contributed by atoms with Crippen molar-refractivity contribution in [2.24, 2.45) is 5.18 Å². The van der Waals surface area contributed by atoms with Crippen LogP contribution in [0.4, 0.5) is 5.69 Å². The Hall–Kier alpha value is -3.39. The van der Waals surface area contributed by atoms with Crippen molar-refractivity contribution in [1.29, 1.82) is 0 Å². The molecule has 0 radical (unpaired) electrons. The van der Waals surface area contributed by atoms with Gasteiger partial charge in [0.1, 0.15) is 5.69 Å². The van der Waals surface area contributed by atoms with Gasteiger partial charge in [-0.25, -0.2) is 0 Å². The Kier molecular flexibility index (Phi) is 4.24. The summed E-state index contributed by atoms with van der Waals surface area (Å²) in [7, 11) is 0. The van der Waals surface area contributed by atoms with Gasteiger partial charge in [-0.15, -0.1) is 9.59 Å². The van der Waals surface area contributed by atoms with Crippen molar-refractivity contribution in [1.82, 2.24) is 20.3 Å². The summed E-state index contributed by atoms with van der Waals surface area (Å²) >= 11 is 4.99. The third-order valence-corrected chi connectivity index (χ3v) is 4.20. The predicted molar refractivity (Wildman–Crippen MR) is 100 cm³/mol. The SMILES string of the molecule is O=Nc1cc(-c2c[nH][n+](Cc3ccccc3)c2)cc(-c2nc(=S)[nH][nH]2)c1. The van der Waals surface area contributed by atoms with Crippen LogP contribution in [0, 0.1) is 9.68 Å². The lowest BCUT2D eigenvalue weighted by atomic mass is 10.0. The maximum atomic E-state index is 11.1. The summed E-state index contributed by atoms with van der Waals surface area (Å²) in [6, 6.07) is 15.5. The third-order valence-electron chi connectivity index (χ3n) is 4.01. The smallest absolute Gasteiger partial charge is 0.213 e. The lowest BCUT2D eigenvalue weighted by Gasteiger charge is -2.01. The van der Waals surface area contributed by atoms with E-state index in [1.54, 1.807) is 12.1 Å². The number of nitroso groups, excluding NO2 is 1. The normalized spacial score (nSPS) is 10.8. The van der Waals surface area contributed by atoms with E-state index >= 15 is 0 Å². The highest BCUT2D eigenvalue weighted by Crippen LogP contribution is 2.29. The van der Waals surface area contributed by atoms with Crippen LogP contribution in [0.25, 0.3) is 22.5 Å². The van der Waals surface area contributed by atoms with Crippen molar-refractivity contribution in [3.05, 3.63) is 76.2 Å². The number of aromatic amines is 3. The van der Waals surface area contributed by atoms with Crippen molar-refractivity contribution >= 4 is 17.9 Å². The van der Waals surface area contributed by atoms with E-state index in [1.165, 1.54) is 5.56 Å². The van der Waals surface area contributed by atoms with E-state index in [4.69, 9.17) is 12.2 Å². The Labute approximate surface area is 153 Å². The van der Waals surface area contributed by atoms with Gasteiger partial charge in [0.2, 0.25) is 11.0 Å². The Morgan fingerprint density at radius 1 is 1.04 bits per heavy atom. The zero-order chi connectivity index (χ0) is 17.9. The lowest BCUT2D eigenvalue weighted by molar-refractivity contribution is -0.742. The van der Waals surface area contributed by atoms with Gasteiger partial charge in [-0.3, -0.25) is 10.2 Å². The molecule has 4 aromatic rings. The van der Waals surface area contributed by atoms with E-state index in [0.29, 0.717) is 16.3 Å². The number of aromatic nitrogens is 5. The van der Waals surface area contributed by atoms with E-state index in [0.717, 1.165) is 23.2 Å². The first kappa shape index (κ1) is 16.1. The van der Waals surface area contributed by atoms with Gasteiger partial charge in [0.25, 0.3) is 0 Å². The van der Waals surface area contributed by atoms with Crippen LogP contribution >= 0.6 is 12.2 Å². The van der Waals surface area contributed by atoms with Crippen LogP contribution in [0.5, 0.6) is 0 Å². The first-order valence-electron chi connectivity index (χ1n) is 7.97. The summed E-state index contributed by atoms with van der Waals surface area (Å²) in [6.45, 7) is 0.728. The fraction of sp³-hybridized carbons (Fsp3) is 0.0556. The highest BCUT2D eigenvalue weighted by atomic mass is 32.1. The minimum absolute atomic E-state index is 0.329. The maximum Gasteiger partial charge on any atom is 0.213 e. The molecule has 0 saturated carbocycles. The van der Waals surface area contributed by atoms with Gasteiger partial charge >= 0.3 is 0 Å². The van der Waals surface area contributed by atoms with Gasteiger partial charge in [-0.1, -0.05) is 30.3 Å². The van der Waals surface area contributed by atoms with Gasteiger partial charge in [0.05, 0.1) is 11.8 Å². The molecule has 2 aromatic heterocycles. The summed E-state index contributed by atoms with van der Waals surface area (Å²) in [5.74, 6) is 0.564. The first-order valence-corrected chi connectivity index (χ1v) is 8.38. The Morgan fingerprint density at radius 3 is 2.58 bits per heavy atom. The van der Waals surface area contributed by atoms with E-state index in [9.17, 15) is 4.91 Å². The number of nitrogens with one attached hydrogen (secondary N) is 3. The van der Waals surface area contributed by atoms with Crippen LogP contribution in [-0.4, -0.2) is 20.3 Å². The molecule has 0 fully saturated rings. The van der Waals surface area contributed by atoms with Crippen molar-refractivity contribution in [2.45, 2.75) is 6.54 Å². The second kappa shape index (κ2) is 6.85. The fourth-order valence-electron chi connectivity index (χ4n) is 2.80. The molecule has 0 aliphatic heterocycles. The largest absolute Gasteiger partial charge is 0.282 e. The summed E-state index contributed by atoms with van der Waals surface area (Å²) in [4.78, 5) is 15.3. The molecule has 128 valence electrons. The molecule has 0 aliphatic carbocycles. The molecule has 0 aliphatic rings. The molecule has 2 heterocycles. The molecular weight excluding hydrogens is 348 g/mol. The van der Waals surface area contributed by atoms with Gasteiger partial charge in [-0.2, -0.15) is 10.1 Å². The summed E-state index contributed by atoms with van der Waals surface area (Å²) in [5.41, 5.74) is 4.07. The summed E-state index contributed by atoms with van der Waals surface area (Å²) in [5, 5.41) is 11.9. The number of rotatable bonds is 5. The second-order valence-corrected chi connectivity index (χ2v) is 6.23. The third kappa shape index (κ3) is 3.35. The topological polar surface area (TPSA) is 93.6 Å². The lowest BCUT2D eigenvalue weighted by Crippen LogP contribution is -2.35. The molecule has 0 spiro atoms.